The summed E-state index contributed by atoms with van der Waals surface area (Å²) in [6.07, 6.45) is 1.53. The molecule has 0 N–H and O–H groups in total. The Balaban J connectivity index is 2.37. The molecule has 1 atom stereocenters. The molecule has 0 amide bonds. The maximum atomic E-state index is 5.13. The highest BCUT2D eigenvalue weighted by Crippen LogP contribution is 2.28. The molecule has 98 valence electrons. The molecule has 0 aromatic carbocycles. The first-order valence-corrected chi connectivity index (χ1v) is 6.85. The molecule has 2 aromatic rings. The third kappa shape index (κ3) is 2.81. The maximum absolute atomic E-state index is 5.13. The number of hydrogen-bond donors (Lipinski definition) is 0. The Bertz CT molecular complexity index is 526. The Hall–Kier alpha value is -1.14. The molecule has 0 saturated carbocycles. The molecule has 0 bridgehead atoms. The molecule has 0 spiro atoms. The third-order valence-electron chi connectivity index (χ3n) is 2.81. The van der Waals surface area contributed by atoms with Crippen LogP contribution in [0.1, 0.15) is 26.5 Å². The lowest BCUT2D eigenvalue weighted by atomic mass is 10.2. The standard InChI is InChI=1S/C12H18N4OS/c1-8(2)9(3)18-11-5-10(6-17-4)15-12-13-7-14-16(11)12/h5,7-9H,6H2,1-4H3. The van der Waals surface area contributed by atoms with E-state index in [0.29, 0.717) is 23.6 Å². The molecular weight excluding hydrogens is 248 g/mol. The molecule has 0 fully saturated rings. The van der Waals surface area contributed by atoms with Crippen LogP contribution in [0, 0.1) is 5.92 Å². The van der Waals surface area contributed by atoms with Crippen LogP contribution in [-0.2, 0) is 11.3 Å². The smallest absolute Gasteiger partial charge is 0.253 e. The number of rotatable bonds is 5. The van der Waals surface area contributed by atoms with E-state index in [4.69, 9.17) is 4.74 Å². The lowest BCUT2D eigenvalue weighted by Gasteiger charge is -2.15. The van der Waals surface area contributed by atoms with E-state index in [-0.39, 0.29) is 0 Å². The fourth-order valence-corrected chi connectivity index (χ4v) is 2.55. The van der Waals surface area contributed by atoms with E-state index in [2.05, 4.69) is 35.8 Å². The summed E-state index contributed by atoms with van der Waals surface area (Å²) in [4.78, 5) is 8.54. The Labute approximate surface area is 111 Å². The average Bonchev–Trinajstić information content (AvgIpc) is 2.77. The normalized spacial score (nSPS) is 13.4. The fraction of sp³-hybridized carbons (Fsp3) is 0.583. The van der Waals surface area contributed by atoms with Gasteiger partial charge in [0.25, 0.3) is 5.78 Å². The van der Waals surface area contributed by atoms with Crippen molar-refractivity contribution in [3.63, 3.8) is 0 Å². The highest BCUT2D eigenvalue weighted by molar-refractivity contribution is 7.99. The Morgan fingerprint density at radius 3 is 2.83 bits per heavy atom. The average molecular weight is 266 g/mol. The summed E-state index contributed by atoms with van der Waals surface area (Å²) < 4.78 is 6.91. The van der Waals surface area contributed by atoms with Crippen LogP contribution in [0.3, 0.4) is 0 Å². The van der Waals surface area contributed by atoms with Crippen LogP contribution in [0.15, 0.2) is 17.4 Å². The van der Waals surface area contributed by atoms with E-state index in [1.165, 1.54) is 6.33 Å². The number of ether oxygens (including phenoxy) is 1. The monoisotopic (exact) mass is 266 g/mol. The van der Waals surface area contributed by atoms with Crippen molar-refractivity contribution in [3.05, 3.63) is 18.1 Å². The lowest BCUT2D eigenvalue weighted by molar-refractivity contribution is 0.181. The summed E-state index contributed by atoms with van der Waals surface area (Å²) in [6.45, 7) is 7.14. The van der Waals surface area contributed by atoms with Gasteiger partial charge in [0, 0.05) is 12.4 Å². The predicted molar refractivity (Wildman–Crippen MR) is 71.7 cm³/mol. The molecule has 0 aliphatic carbocycles. The van der Waals surface area contributed by atoms with Crippen molar-refractivity contribution in [1.82, 2.24) is 19.6 Å². The quantitative estimate of drug-likeness (QED) is 0.614. The van der Waals surface area contributed by atoms with E-state index < -0.39 is 0 Å². The summed E-state index contributed by atoms with van der Waals surface area (Å²) >= 11 is 1.79. The zero-order chi connectivity index (χ0) is 13.1. The molecule has 6 heteroatoms. The summed E-state index contributed by atoms with van der Waals surface area (Å²) in [7, 11) is 1.67. The van der Waals surface area contributed by atoms with Gasteiger partial charge in [0.2, 0.25) is 0 Å². The van der Waals surface area contributed by atoms with E-state index in [9.17, 15) is 0 Å². The van der Waals surface area contributed by atoms with Gasteiger partial charge < -0.3 is 4.74 Å². The highest BCUT2D eigenvalue weighted by atomic mass is 32.2. The van der Waals surface area contributed by atoms with Crippen LogP contribution in [-0.4, -0.2) is 31.9 Å². The Kier molecular flexibility index (Phi) is 4.19. The molecule has 0 saturated heterocycles. The maximum Gasteiger partial charge on any atom is 0.253 e. The van der Waals surface area contributed by atoms with Gasteiger partial charge in [-0.15, -0.1) is 11.8 Å². The molecule has 18 heavy (non-hydrogen) atoms. The van der Waals surface area contributed by atoms with Crippen molar-refractivity contribution < 1.29 is 4.74 Å². The summed E-state index contributed by atoms with van der Waals surface area (Å²) in [5.74, 6) is 1.23. The van der Waals surface area contributed by atoms with Crippen LogP contribution in [0.2, 0.25) is 0 Å². The molecule has 0 aliphatic heterocycles. The lowest BCUT2D eigenvalue weighted by Crippen LogP contribution is -2.08. The zero-order valence-corrected chi connectivity index (χ0v) is 11.9. The fourth-order valence-electron chi connectivity index (χ4n) is 1.46. The van der Waals surface area contributed by atoms with Crippen LogP contribution in [0.25, 0.3) is 5.78 Å². The first-order chi connectivity index (χ1) is 8.61. The van der Waals surface area contributed by atoms with E-state index in [1.54, 1.807) is 23.4 Å². The minimum absolute atomic E-state index is 0.493. The number of methoxy groups -OCH3 is 1. The second kappa shape index (κ2) is 5.67. The SMILES string of the molecule is COCc1cc(SC(C)C(C)C)n2ncnc2n1. The zero-order valence-electron chi connectivity index (χ0n) is 11.1. The van der Waals surface area contributed by atoms with Gasteiger partial charge in [0.15, 0.2) is 0 Å². The van der Waals surface area contributed by atoms with Gasteiger partial charge >= 0.3 is 0 Å². The van der Waals surface area contributed by atoms with Crippen LogP contribution >= 0.6 is 11.8 Å². The minimum Gasteiger partial charge on any atom is -0.378 e. The van der Waals surface area contributed by atoms with E-state index in [1.807, 2.05) is 6.07 Å². The molecular formula is C12H18N4OS. The van der Waals surface area contributed by atoms with Gasteiger partial charge in [0.1, 0.15) is 11.4 Å². The van der Waals surface area contributed by atoms with Crippen molar-refractivity contribution in [1.29, 1.82) is 0 Å². The van der Waals surface area contributed by atoms with Gasteiger partial charge in [-0.1, -0.05) is 20.8 Å². The Morgan fingerprint density at radius 1 is 1.39 bits per heavy atom. The first-order valence-electron chi connectivity index (χ1n) is 5.97. The molecule has 0 aliphatic rings. The first kappa shape index (κ1) is 13.3. The molecule has 2 aromatic heterocycles. The Morgan fingerprint density at radius 2 is 2.17 bits per heavy atom. The van der Waals surface area contributed by atoms with Crippen LogP contribution in [0.5, 0.6) is 0 Å². The molecule has 0 radical (unpaired) electrons. The number of fused-ring (bicyclic) bond motifs is 1. The van der Waals surface area contributed by atoms with Crippen molar-refractivity contribution in [3.8, 4) is 0 Å². The van der Waals surface area contributed by atoms with Crippen LogP contribution in [0.4, 0.5) is 0 Å². The van der Waals surface area contributed by atoms with Crippen LogP contribution < -0.4 is 0 Å². The number of thioether (sulfide) groups is 1. The molecule has 5 nitrogen and oxygen atoms in total. The summed E-state index contributed by atoms with van der Waals surface area (Å²) in [5, 5.41) is 5.78. The summed E-state index contributed by atoms with van der Waals surface area (Å²) in [5.41, 5.74) is 0.886. The second-order valence-electron chi connectivity index (χ2n) is 4.56. The van der Waals surface area contributed by atoms with Crippen molar-refractivity contribution >= 4 is 17.5 Å². The number of aromatic nitrogens is 4. The van der Waals surface area contributed by atoms with Crippen molar-refractivity contribution in [2.45, 2.75) is 37.7 Å². The van der Waals surface area contributed by atoms with Gasteiger partial charge in [-0.2, -0.15) is 14.6 Å². The number of hydrogen-bond acceptors (Lipinski definition) is 5. The number of nitrogens with zero attached hydrogens (tertiary/aromatic N) is 4. The van der Waals surface area contributed by atoms with Gasteiger partial charge in [-0.3, -0.25) is 0 Å². The molecule has 1 unspecified atom stereocenters. The molecule has 2 rings (SSSR count). The van der Waals surface area contributed by atoms with Gasteiger partial charge in [0.05, 0.1) is 12.3 Å². The summed E-state index contributed by atoms with van der Waals surface area (Å²) in [6, 6.07) is 2.02. The molecule has 2 heterocycles. The predicted octanol–water partition coefficient (Wildman–Crippen LogP) is 2.41. The van der Waals surface area contributed by atoms with Gasteiger partial charge in [-0.05, 0) is 12.0 Å². The van der Waals surface area contributed by atoms with Gasteiger partial charge in [-0.25, -0.2) is 4.98 Å². The highest BCUT2D eigenvalue weighted by Gasteiger charge is 2.14. The van der Waals surface area contributed by atoms with E-state index >= 15 is 0 Å². The second-order valence-corrected chi connectivity index (χ2v) is 5.96. The van der Waals surface area contributed by atoms with Crippen molar-refractivity contribution in [2.75, 3.05) is 7.11 Å². The minimum atomic E-state index is 0.493. The third-order valence-corrected chi connectivity index (χ3v) is 4.26. The topological polar surface area (TPSA) is 52.3 Å². The largest absolute Gasteiger partial charge is 0.378 e. The van der Waals surface area contributed by atoms with Crippen molar-refractivity contribution in [2.24, 2.45) is 5.92 Å². The van der Waals surface area contributed by atoms with E-state index in [0.717, 1.165) is 10.7 Å².